The van der Waals surface area contributed by atoms with Gasteiger partial charge in [-0.05, 0) is 137 Å². The fourth-order valence-electron chi connectivity index (χ4n) is 11.4. The number of benzene rings is 9. The standard InChI is InChI=1S/C59H45N/c1-57(2)51-25-15-13-23-45(51)47-30-27-42(35-54(47)57)60(43-29-32-49-50-33-38-17-11-12-18-39(38)34-53(50)58(3,4)55(49)36-43)44-28-31-48-46-24-14-16-26-52(46)59(56(48)37-44,40-19-7-5-8-20-40)41-21-9-6-10-22-41/h5-37H,1-4H3. The van der Waals surface area contributed by atoms with Crippen molar-refractivity contribution >= 4 is 27.8 Å². The molecule has 0 aliphatic heterocycles. The van der Waals surface area contributed by atoms with Gasteiger partial charge in [-0.2, -0.15) is 0 Å². The van der Waals surface area contributed by atoms with E-state index in [1.807, 2.05) is 0 Å². The normalized spacial score (nSPS) is 15.4. The van der Waals surface area contributed by atoms with Crippen molar-refractivity contribution in [3.63, 3.8) is 0 Å². The summed E-state index contributed by atoms with van der Waals surface area (Å²) in [4.78, 5) is 2.53. The lowest BCUT2D eigenvalue weighted by Crippen LogP contribution is -2.28. The SMILES string of the molecule is CC1(C)c2ccccc2-c2ccc(N(c3ccc4c(c3)C(C)(C)c3cc5ccccc5cc3-4)c3ccc4c(c3)C(c3ccccc3)(c3ccccc3)c3ccccc3-4)cc21. The van der Waals surface area contributed by atoms with Crippen LogP contribution in [0.25, 0.3) is 44.2 Å². The second kappa shape index (κ2) is 12.5. The van der Waals surface area contributed by atoms with E-state index in [9.17, 15) is 0 Å². The molecular weight excluding hydrogens is 723 g/mol. The average Bonchev–Trinajstić information content (AvgIpc) is 3.80. The monoisotopic (exact) mass is 767 g/mol. The molecule has 9 aromatic carbocycles. The summed E-state index contributed by atoms with van der Waals surface area (Å²) < 4.78 is 0. The molecular formula is C59H45N. The van der Waals surface area contributed by atoms with Crippen molar-refractivity contribution in [2.75, 3.05) is 4.90 Å². The van der Waals surface area contributed by atoms with Crippen LogP contribution in [-0.4, -0.2) is 0 Å². The lowest BCUT2D eigenvalue weighted by molar-refractivity contribution is 0.660. The van der Waals surface area contributed by atoms with Crippen molar-refractivity contribution in [2.45, 2.75) is 43.9 Å². The summed E-state index contributed by atoms with van der Waals surface area (Å²) >= 11 is 0. The Morgan fingerprint density at radius 2 is 0.667 bits per heavy atom. The fraction of sp³-hybridized carbons (Fsp3) is 0.119. The number of hydrogen-bond donors (Lipinski definition) is 0. The molecule has 0 aromatic heterocycles. The molecule has 286 valence electrons. The maximum Gasteiger partial charge on any atom is 0.0714 e. The largest absolute Gasteiger partial charge is 0.310 e. The van der Waals surface area contributed by atoms with E-state index in [-0.39, 0.29) is 10.8 Å². The molecule has 0 atom stereocenters. The second-order valence-corrected chi connectivity index (χ2v) is 18.1. The number of hydrogen-bond acceptors (Lipinski definition) is 1. The van der Waals surface area contributed by atoms with Gasteiger partial charge in [-0.15, -0.1) is 0 Å². The molecule has 9 aromatic rings. The first-order chi connectivity index (χ1) is 29.3. The van der Waals surface area contributed by atoms with Crippen LogP contribution < -0.4 is 4.90 Å². The quantitative estimate of drug-likeness (QED) is 0.169. The van der Waals surface area contributed by atoms with E-state index in [4.69, 9.17) is 0 Å². The molecule has 0 unspecified atom stereocenters. The smallest absolute Gasteiger partial charge is 0.0714 e. The van der Waals surface area contributed by atoms with Gasteiger partial charge in [0.25, 0.3) is 0 Å². The van der Waals surface area contributed by atoms with Crippen LogP contribution in [0.1, 0.15) is 72.2 Å². The number of fused-ring (bicyclic) bond motifs is 10. The Labute approximate surface area is 353 Å². The molecule has 0 radical (unpaired) electrons. The Morgan fingerprint density at radius 3 is 1.25 bits per heavy atom. The summed E-state index contributed by atoms with van der Waals surface area (Å²) in [6.45, 7) is 9.56. The molecule has 1 heteroatoms. The van der Waals surface area contributed by atoms with Crippen LogP contribution >= 0.6 is 0 Å². The first-order valence-corrected chi connectivity index (χ1v) is 21.3. The topological polar surface area (TPSA) is 3.24 Å². The molecule has 0 spiro atoms. The highest BCUT2D eigenvalue weighted by molar-refractivity contribution is 5.96. The van der Waals surface area contributed by atoms with Crippen LogP contribution in [0.4, 0.5) is 17.1 Å². The molecule has 0 fully saturated rings. The summed E-state index contributed by atoms with van der Waals surface area (Å²) in [5, 5.41) is 2.58. The molecule has 60 heavy (non-hydrogen) atoms. The van der Waals surface area contributed by atoms with E-state index in [2.05, 4.69) is 233 Å². The van der Waals surface area contributed by atoms with Gasteiger partial charge in [-0.1, -0.05) is 179 Å². The van der Waals surface area contributed by atoms with Crippen LogP contribution in [0.5, 0.6) is 0 Å². The molecule has 0 bridgehead atoms. The van der Waals surface area contributed by atoms with Gasteiger partial charge < -0.3 is 4.90 Å². The van der Waals surface area contributed by atoms with Gasteiger partial charge in [0.1, 0.15) is 0 Å². The Hall–Kier alpha value is -6.96. The summed E-state index contributed by atoms with van der Waals surface area (Å²) in [5.41, 5.74) is 21.2. The predicted octanol–water partition coefficient (Wildman–Crippen LogP) is 15.3. The highest BCUT2D eigenvalue weighted by Gasteiger charge is 2.46. The van der Waals surface area contributed by atoms with Crippen molar-refractivity contribution in [2.24, 2.45) is 0 Å². The lowest BCUT2D eigenvalue weighted by atomic mass is 9.67. The zero-order valence-corrected chi connectivity index (χ0v) is 34.5. The molecule has 0 amide bonds. The van der Waals surface area contributed by atoms with Gasteiger partial charge in [0, 0.05) is 27.9 Å². The predicted molar refractivity (Wildman–Crippen MR) is 251 cm³/mol. The molecule has 3 aliphatic carbocycles. The molecule has 1 nitrogen and oxygen atoms in total. The third-order valence-electron chi connectivity index (χ3n) is 14.3. The zero-order chi connectivity index (χ0) is 40.4. The van der Waals surface area contributed by atoms with E-state index < -0.39 is 5.41 Å². The fourth-order valence-corrected chi connectivity index (χ4v) is 11.4. The van der Waals surface area contributed by atoms with Gasteiger partial charge in [0.15, 0.2) is 0 Å². The highest BCUT2D eigenvalue weighted by Crippen LogP contribution is 2.58. The van der Waals surface area contributed by atoms with Crippen LogP contribution in [0.15, 0.2) is 200 Å². The van der Waals surface area contributed by atoms with Gasteiger partial charge in [-0.25, -0.2) is 0 Å². The third kappa shape index (κ3) is 4.69. The van der Waals surface area contributed by atoms with Gasteiger partial charge >= 0.3 is 0 Å². The Balaban J connectivity index is 1.11. The maximum absolute atomic E-state index is 2.53. The van der Waals surface area contributed by atoms with E-state index >= 15 is 0 Å². The summed E-state index contributed by atoms with van der Waals surface area (Å²) in [5.74, 6) is 0. The minimum Gasteiger partial charge on any atom is -0.310 e. The average molecular weight is 768 g/mol. The van der Waals surface area contributed by atoms with E-state index in [0.29, 0.717) is 0 Å². The Kier molecular flexibility index (Phi) is 7.31. The Bertz CT molecular complexity index is 3160. The Morgan fingerprint density at radius 1 is 0.283 bits per heavy atom. The van der Waals surface area contributed by atoms with Gasteiger partial charge in [0.05, 0.1) is 5.41 Å². The van der Waals surface area contributed by atoms with Crippen molar-refractivity contribution < 1.29 is 0 Å². The number of nitrogens with zero attached hydrogens (tertiary/aromatic N) is 1. The summed E-state index contributed by atoms with van der Waals surface area (Å²) in [6, 6.07) is 75.5. The maximum atomic E-state index is 2.53. The first-order valence-electron chi connectivity index (χ1n) is 21.3. The van der Waals surface area contributed by atoms with Crippen LogP contribution in [0.3, 0.4) is 0 Å². The first kappa shape index (κ1) is 35.0. The van der Waals surface area contributed by atoms with Crippen molar-refractivity contribution in [1.29, 1.82) is 0 Å². The van der Waals surface area contributed by atoms with Crippen LogP contribution in [-0.2, 0) is 16.2 Å². The molecule has 0 N–H and O–H groups in total. The summed E-state index contributed by atoms with van der Waals surface area (Å²) in [7, 11) is 0. The van der Waals surface area contributed by atoms with Crippen molar-refractivity contribution in [3.8, 4) is 33.4 Å². The minimum absolute atomic E-state index is 0.132. The molecule has 0 heterocycles. The van der Waals surface area contributed by atoms with Crippen molar-refractivity contribution in [3.05, 3.63) is 245 Å². The number of anilines is 3. The van der Waals surface area contributed by atoms with E-state index in [1.54, 1.807) is 0 Å². The molecule has 0 saturated carbocycles. The highest BCUT2D eigenvalue weighted by atomic mass is 15.1. The molecule has 3 aliphatic rings. The van der Waals surface area contributed by atoms with Crippen molar-refractivity contribution in [1.82, 2.24) is 0 Å². The number of rotatable bonds is 5. The van der Waals surface area contributed by atoms with E-state index in [0.717, 1.165) is 17.1 Å². The second-order valence-electron chi connectivity index (χ2n) is 18.1. The van der Waals surface area contributed by atoms with Crippen LogP contribution in [0, 0.1) is 0 Å². The van der Waals surface area contributed by atoms with Crippen LogP contribution in [0.2, 0.25) is 0 Å². The lowest BCUT2D eigenvalue weighted by Gasteiger charge is -2.35. The third-order valence-corrected chi connectivity index (χ3v) is 14.3. The van der Waals surface area contributed by atoms with Gasteiger partial charge in [-0.3, -0.25) is 0 Å². The van der Waals surface area contributed by atoms with E-state index in [1.165, 1.54) is 88.7 Å². The van der Waals surface area contributed by atoms with Gasteiger partial charge in [0.2, 0.25) is 0 Å². The molecule has 0 saturated heterocycles. The zero-order valence-electron chi connectivity index (χ0n) is 34.5. The summed E-state index contributed by atoms with van der Waals surface area (Å²) in [6.07, 6.45) is 0. The molecule has 12 rings (SSSR count). The minimum atomic E-state index is -0.499.